The first-order valence-electron chi connectivity index (χ1n) is 10.2. The van der Waals surface area contributed by atoms with Gasteiger partial charge in [0.1, 0.15) is 18.6 Å². The highest BCUT2D eigenvalue weighted by atomic mass is 16.5. The molecular weight excluding hydrogens is 396 g/mol. The molecular formula is C22H24N6O3. The maximum Gasteiger partial charge on any atom is 0.368 e. The van der Waals surface area contributed by atoms with Crippen molar-refractivity contribution >= 4 is 5.70 Å². The van der Waals surface area contributed by atoms with Crippen molar-refractivity contribution in [3.05, 3.63) is 75.4 Å². The SMILES string of the molecule is Cc1cc(C2=COC3CCNN23)ccc1OCc1c(C)cccc1-n1nnn(C)c1=O. The molecule has 1 unspecified atom stereocenters. The van der Waals surface area contributed by atoms with Crippen LogP contribution in [-0.2, 0) is 18.4 Å². The molecule has 1 fully saturated rings. The molecule has 3 heterocycles. The van der Waals surface area contributed by atoms with Crippen LogP contribution in [0.15, 0.2) is 47.5 Å². The monoisotopic (exact) mass is 420 g/mol. The van der Waals surface area contributed by atoms with Gasteiger partial charge >= 0.3 is 5.69 Å². The van der Waals surface area contributed by atoms with Crippen molar-refractivity contribution in [3.63, 3.8) is 0 Å². The van der Waals surface area contributed by atoms with Crippen LogP contribution in [0.5, 0.6) is 5.75 Å². The van der Waals surface area contributed by atoms with Gasteiger partial charge in [0.25, 0.3) is 0 Å². The number of benzene rings is 2. The van der Waals surface area contributed by atoms with Gasteiger partial charge in [0.15, 0.2) is 6.23 Å². The van der Waals surface area contributed by atoms with E-state index in [0.29, 0.717) is 12.3 Å². The highest BCUT2D eigenvalue weighted by molar-refractivity contribution is 5.66. The average molecular weight is 420 g/mol. The average Bonchev–Trinajstić information content (AvgIpc) is 3.45. The Morgan fingerprint density at radius 2 is 2.06 bits per heavy atom. The summed E-state index contributed by atoms with van der Waals surface area (Å²) in [5.74, 6) is 0.787. The summed E-state index contributed by atoms with van der Waals surface area (Å²) in [7, 11) is 1.58. The molecule has 0 saturated carbocycles. The maximum absolute atomic E-state index is 12.3. The number of aromatic nitrogens is 4. The summed E-state index contributed by atoms with van der Waals surface area (Å²) in [5.41, 5.74) is 8.76. The minimum absolute atomic E-state index is 0.0789. The lowest BCUT2D eigenvalue weighted by Crippen LogP contribution is -2.32. The summed E-state index contributed by atoms with van der Waals surface area (Å²) in [6.45, 7) is 5.24. The van der Waals surface area contributed by atoms with E-state index in [2.05, 4.69) is 26.9 Å². The van der Waals surface area contributed by atoms with Crippen LogP contribution in [0.4, 0.5) is 0 Å². The van der Waals surface area contributed by atoms with Gasteiger partial charge in [-0.15, -0.1) is 0 Å². The molecule has 1 aromatic heterocycles. The Bertz CT molecular complexity index is 1230. The van der Waals surface area contributed by atoms with Crippen LogP contribution < -0.4 is 15.9 Å². The normalized spacial score (nSPS) is 17.5. The molecule has 2 aliphatic heterocycles. The lowest BCUT2D eigenvalue weighted by Gasteiger charge is -2.20. The van der Waals surface area contributed by atoms with Crippen molar-refractivity contribution in [1.29, 1.82) is 0 Å². The molecule has 0 bridgehead atoms. The van der Waals surface area contributed by atoms with E-state index in [1.807, 2.05) is 50.4 Å². The fourth-order valence-corrected chi connectivity index (χ4v) is 3.97. The number of tetrazole rings is 1. The number of nitrogens with zero attached hydrogens (tertiary/aromatic N) is 5. The predicted molar refractivity (Wildman–Crippen MR) is 114 cm³/mol. The summed E-state index contributed by atoms with van der Waals surface area (Å²) >= 11 is 0. The van der Waals surface area contributed by atoms with Crippen molar-refractivity contribution in [2.24, 2.45) is 7.05 Å². The fourth-order valence-electron chi connectivity index (χ4n) is 3.97. The second kappa shape index (κ2) is 7.59. The molecule has 160 valence electrons. The van der Waals surface area contributed by atoms with E-state index in [1.165, 1.54) is 9.36 Å². The van der Waals surface area contributed by atoms with Crippen LogP contribution in [0.1, 0.15) is 28.7 Å². The number of hydrazine groups is 1. The van der Waals surface area contributed by atoms with Gasteiger partial charge in [-0.1, -0.05) is 12.1 Å². The Kier molecular flexibility index (Phi) is 4.74. The van der Waals surface area contributed by atoms with E-state index >= 15 is 0 Å². The van der Waals surface area contributed by atoms with Crippen LogP contribution in [0.2, 0.25) is 0 Å². The molecule has 9 heteroatoms. The Morgan fingerprint density at radius 3 is 2.84 bits per heavy atom. The van der Waals surface area contributed by atoms with E-state index < -0.39 is 0 Å². The second-order valence-electron chi connectivity index (χ2n) is 7.80. The third kappa shape index (κ3) is 3.36. The number of hydrogen-bond donors (Lipinski definition) is 1. The summed E-state index contributed by atoms with van der Waals surface area (Å²) in [5, 5.41) is 9.87. The van der Waals surface area contributed by atoms with E-state index in [4.69, 9.17) is 9.47 Å². The van der Waals surface area contributed by atoms with Gasteiger partial charge in [-0.2, -0.15) is 9.36 Å². The summed E-state index contributed by atoms with van der Waals surface area (Å²) in [4.78, 5) is 12.3. The van der Waals surface area contributed by atoms with Gasteiger partial charge in [-0.05, 0) is 59.7 Å². The quantitative estimate of drug-likeness (QED) is 0.676. The molecule has 0 amide bonds. The first-order chi connectivity index (χ1) is 15.0. The molecule has 5 rings (SSSR count). The van der Waals surface area contributed by atoms with Crippen LogP contribution in [0, 0.1) is 13.8 Å². The third-order valence-corrected chi connectivity index (χ3v) is 5.74. The zero-order chi connectivity index (χ0) is 21.5. The molecule has 2 aliphatic rings. The Hall–Kier alpha value is -3.59. The van der Waals surface area contributed by atoms with Crippen molar-refractivity contribution in [3.8, 4) is 11.4 Å². The van der Waals surface area contributed by atoms with Gasteiger partial charge in [0.05, 0.1) is 11.4 Å². The van der Waals surface area contributed by atoms with Gasteiger partial charge in [-0.3, -0.25) is 5.01 Å². The highest BCUT2D eigenvalue weighted by Crippen LogP contribution is 2.33. The van der Waals surface area contributed by atoms with Crippen LogP contribution in [0.3, 0.4) is 0 Å². The van der Waals surface area contributed by atoms with E-state index in [0.717, 1.165) is 46.7 Å². The fraction of sp³-hybridized carbons (Fsp3) is 0.318. The zero-order valence-electron chi connectivity index (χ0n) is 17.7. The minimum atomic E-state index is -0.298. The van der Waals surface area contributed by atoms with Crippen LogP contribution in [0.25, 0.3) is 11.4 Å². The van der Waals surface area contributed by atoms with Crippen molar-refractivity contribution in [2.45, 2.75) is 33.1 Å². The van der Waals surface area contributed by atoms with E-state index in [-0.39, 0.29) is 11.9 Å². The molecule has 1 N–H and O–H groups in total. The summed E-state index contributed by atoms with van der Waals surface area (Å²) in [6.07, 6.45) is 2.85. The van der Waals surface area contributed by atoms with Gasteiger partial charge < -0.3 is 9.47 Å². The molecule has 0 spiro atoms. The number of rotatable bonds is 5. The topological polar surface area (TPSA) is 86.4 Å². The van der Waals surface area contributed by atoms with Crippen molar-refractivity contribution in [2.75, 3.05) is 6.54 Å². The number of hydrogen-bond acceptors (Lipinski definition) is 7. The van der Waals surface area contributed by atoms with Crippen LogP contribution in [-0.4, -0.2) is 37.6 Å². The third-order valence-electron chi connectivity index (χ3n) is 5.74. The highest BCUT2D eigenvalue weighted by Gasteiger charge is 2.32. The lowest BCUT2D eigenvalue weighted by atomic mass is 10.1. The first-order valence-corrected chi connectivity index (χ1v) is 10.2. The smallest absolute Gasteiger partial charge is 0.368 e. The Morgan fingerprint density at radius 1 is 1.19 bits per heavy atom. The molecule has 9 nitrogen and oxygen atoms in total. The molecule has 31 heavy (non-hydrogen) atoms. The van der Waals surface area contributed by atoms with Gasteiger partial charge in [0, 0.05) is 31.1 Å². The number of nitrogens with one attached hydrogen (secondary N) is 1. The van der Waals surface area contributed by atoms with Gasteiger partial charge in [-0.25, -0.2) is 10.2 Å². The second-order valence-corrected chi connectivity index (χ2v) is 7.80. The number of ether oxygens (including phenoxy) is 2. The number of aryl methyl sites for hydroxylation is 3. The Labute approximate surface area is 179 Å². The van der Waals surface area contributed by atoms with E-state index in [1.54, 1.807) is 7.05 Å². The first kappa shape index (κ1) is 19.4. The standard InChI is InChI=1S/C22H24N6O3/c1-14-5-4-6-18(28-22(29)26(3)24-25-28)17(14)12-30-20-8-7-16(11-15(20)2)19-13-31-21-9-10-23-27(19)21/h4-8,11,13,21,23H,9-10,12H2,1-3H3. The Balaban J connectivity index is 1.39. The van der Waals surface area contributed by atoms with E-state index in [9.17, 15) is 4.79 Å². The van der Waals surface area contributed by atoms with Crippen LogP contribution >= 0.6 is 0 Å². The molecule has 0 aliphatic carbocycles. The summed E-state index contributed by atoms with van der Waals surface area (Å²) < 4.78 is 14.4. The molecule has 1 atom stereocenters. The zero-order valence-corrected chi connectivity index (χ0v) is 17.7. The molecule has 2 aromatic carbocycles. The molecule has 1 saturated heterocycles. The lowest BCUT2D eigenvalue weighted by molar-refractivity contribution is 0.0744. The number of fused-ring (bicyclic) bond motifs is 1. The van der Waals surface area contributed by atoms with Gasteiger partial charge in [0.2, 0.25) is 0 Å². The predicted octanol–water partition coefficient (Wildman–Crippen LogP) is 2.03. The maximum atomic E-state index is 12.3. The summed E-state index contributed by atoms with van der Waals surface area (Å²) in [6, 6.07) is 11.8. The minimum Gasteiger partial charge on any atom is -0.489 e. The van der Waals surface area contributed by atoms with Crippen molar-refractivity contribution in [1.82, 2.24) is 30.2 Å². The molecule has 0 radical (unpaired) electrons. The largest absolute Gasteiger partial charge is 0.489 e. The van der Waals surface area contributed by atoms with Crippen molar-refractivity contribution < 1.29 is 9.47 Å². The molecule has 3 aromatic rings.